The van der Waals surface area contributed by atoms with Crippen LogP contribution in [0.3, 0.4) is 0 Å². The minimum absolute atomic E-state index is 0.213. The highest BCUT2D eigenvalue weighted by molar-refractivity contribution is 9.10. The van der Waals surface area contributed by atoms with Gasteiger partial charge in [-0.2, -0.15) is 0 Å². The van der Waals surface area contributed by atoms with E-state index in [1.54, 1.807) is 11.8 Å². The molecule has 136 valence electrons. The van der Waals surface area contributed by atoms with Crippen molar-refractivity contribution in [3.63, 3.8) is 0 Å². The molecule has 3 aromatic rings. The fraction of sp³-hybridized carbons (Fsp3) is 0.263. The molecule has 0 N–H and O–H groups in total. The van der Waals surface area contributed by atoms with E-state index in [2.05, 4.69) is 38.3 Å². The van der Waals surface area contributed by atoms with Crippen LogP contribution in [0.4, 0.5) is 0 Å². The van der Waals surface area contributed by atoms with Gasteiger partial charge >= 0.3 is 0 Å². The summed E-state index contributed by atoms with van der Waals surface area (Å²) in [5, 5.41) is 10.2. The molecule has 0 aliphatic rings. The molecule has 0 amide bonds. The second-order valence-electron chi connectivity index (χ2n) is 5.99. The first-order valence-electron chi connectivity index (χ1n) is 8.13. The first-order valence-corrected chi connectivity index (χ1v) is 10.3. The van der Waals surface area contributed by atoms with E-state index in [0.29, 0.717) is 0 Å². The lowest BCUT2D eigenvalue weighted by Crippen LogP contribution is -2.10. The summed E-state index contributed by atoms with van der Waals surface area (Å²) in [6, 6.07) is 13.9. The summed E-state index contributed by atoms with van der Waals surface area (Å²) < 4.78 is 9.07. The second kappa shape index (κ2) is 8.46. The molecule has 7 heteroatoms. The fourth-order valence-electron chi connectivity index (χ4n) is 2.48. The van der Waals surface area contributed by atoms with E-state index in [0.717, 1.165) is 37.5 Å². The zero-order valence-corrected chi connectivity index (χ0v) is 17.9. The Balaban J connectivity index is 1.67. The molecule has 2 aromatic carbocycles. The molecular weight excluding hydrogens is 434 g/mol. The van der Waals surface area contributed by atoms with Crippen LogP contribution >= 0.6 is 39.3 Å². The van der Waals surface area contributed by atoms with Crippen molar-refractivity contribution in [3.05, 3.63) is 68.9 Å². The van der Waals surface area contributed by atoms with Gasteiger partial charge in [-0.25, -0.2) is 0 Å². The molecule has 1 heterocycles. The van der Waals surface area contributed by atoms with Crippen molar-refractivity contribution in [2.75, 3.05) is 0 Å². The van der Waals surface area contributed by atoms with Crippen LogP contribution in [0.15, 0.2) is 52.1 Å². The minimum atomic E-state index is -0.213. The molecule has 3 rings (SSSR count). The van der Waals surface area contributed by atoms with Crippen molar-refractivity contribution in [2.45, 2.75) is 30.9 Å². The average Bonchev–Trinajstić information content (AvgIpc) is 2.98. The zero-order chi connectivity index (χ0) is 18.7. The van der Waals surface area contributed by atoms with E-state index in [9.17, 15) is 0 Å². The number of nitrogens with zero attached hydrogens (tertiary/aromatic N) is 3. The Hall–Kier alpha value is -1.50. The predicted molar refractivity (Wildman–Crippen MR) is 110 cm³/mol. The smallest absolute Gasteiger partial charge is 0.191 e. The molecule has 26 heavy (non-hydrogen) atoms. The van der Waals surface area contributed by atoms with Crippen molar-refractivity contribution < 1.29 is 4.74 Å². The van der Waals surface area contributed by atoms with Gasteiger partial charge in [-0.05, 0) is 55.3 Å². The number of hydrogen-bond acceptors (Lipinski definition) is 4. The van der Waals surface area contributed by atoms with Gasteiger partial charge < -0.3 is 9.30 Å². The molecule has 0 bridgehead atoms. The lowest BCUT2D eigenvalue weighted by molar-refractivity contribution is 0.211. The highest BCUT2D eigenvalue weighted by Gasteiger charge is 2.17. The van der Waals surface area contributed by atoms with E-state index < -0.39 is 0 Å². The lowest BCUT2D eigenvalue weighted by atomic mass is 10.2. The SMILES string of the molecule is Cc1cc(OC(C)c2nnc(SCc3ccc(Br)cc3)n2C)ccc1Cl. The number of benzene rings is 2. The van der Waals surface area contributed by atoms with E-state index in [1.165, 1.54) is 5.56 Å². The van der Waals surface area contributed by atoms with Gasteiger partial charge in [0.1, 0.15) is 5.75 Å². The number of ether oxygens (including phenoxy) is 1. The van der Waals surface area contributed by atoms with E-state index in [4.69, 9.17) is 16.3 Å². The molecule has 1 unspecified atom stereocenters. The molecular formula is C19H19BrClN3OS. The van der Waals surface area contributed by atoms with Crippen molar-refractivity contribution in [2.24, 2.45) is 7.05 Å². The molecule has 0 fully saturated rings. The van der Waals surface area contributed by atoms with Crippen LogP contribution in [-0.2, 0) is 12.8 Å². The van der Waals surface area contributed by atoms with Crippen LogP contribution < -0.4 is 4.74 Å². The molecule has 0 aliphatic heterocycles. The van der Waals surface area contributed by atoms with Crippen molar-refractivity contribution in [1.29, 1.82) is 0 Å². The Morgan fingerprint density at radius 1 is 1.19 bits per heavy atom. The van der Waals surface area contributed by atoms with Gasteiger partial charge in [-0.3, -0.25) is 0 Å². The van der Waals surface area contributed by atoms with Gasteiger partial charge in [-0.15, -0.1) is 10.2 Å². The van der Waals surface area contributed by atoms with Gasteiger partial charge in [0, 0.05) is 22.3 Å². The summed E-state index contributed by atoms with van der Waals surface area (Å²) in [5.74, 6) is 2.40. The third-order valence-electron chi connectivity index (χ3n) is 3.96. The topological polar surface area (TPSA) is 39.9 Å². The quantitative estimate of drug-likeness (QED) is 0.432. The van der Waals surface area contributed by atoms with Gasteiger partial charge in [0.15, 0.2) is 17.1 Å². The van der Waals surface area contributed by atoms with Crippen molar-refractivity contribution in [1.82, 2.24) is 14.8 Å². The standard InChI is InChI=1S/C19H19BrClN3OS/c1-12-10-16(8-9-17(12)21)25-13(2)18-22-23-19(24(18)3)26-11-14-4-6-15(20)7-5-14/h4-10,13H,11H2,1-3H3. The number of hydrogen-bond donors (Lipinski definition) is 0. The summed E-state index contributed by atoms with van der Waals surface area (Å²) in [6.45, 7) is 3.93. The summed E-state index contributed by atoms with van der Waals surface area (Å²) in [7, 11) is 1.96. The highest BCUT2D eigenvalue weighted by Crippen LogP contribution is 2.27. The van der Waals surface area contributed by atoms with Crippen LogP contribution in [0.25, 0.3) is 0 Å². The highest BCUT2D eigenvalue weighted by atomic mass is 79.9. The number of aromatic nitrogens is 3. The molecule has 4 nitrogen and oxygen atoms in total. The summed E-state index contributed by atoms with van der Waals surface area (Å²) in [5.41, 5.74) is 2.23. The maximum Gasteiger partial charge on any atom is 0.191 e. The van der Waals surface area contributed by atoms with Crippen LogP contribution in [0.2, 0.25) is 5.02 Å². The Kier molecular flexibility index (Phi) is 6.27. The number of halogens is 2. The van der Waals surface area contributed by atoms with Crippen molar-refractivity contribution in [3.8, 4) is 5.75 Å². The van der Waals surface area contributed by atoms with E-state index in [1.807, 2.05) is 55.8 Å². The third-order valence-corrected chi connectivity index (χ3v) is 6.00. The third kappa shape index (κ3) is 4.61. The Bertz CT molecular complexity index is 898. The van der Waals surface area contributed by atoms with E-state index >= 15 is 0 Å². The van der Waals surface area contributed by atoms with Crippen LogP contribution in [0, 0.1) is 6.92 Å². The Labute approximate surface area is 171 Å². The zero-order valence-electron chi connectivity index (χ0n) is 14.7. The number of thioether (sulfide) groups is 1. The molecule has 0 saturated carbocycles. The maximum absolute atomic E-state index is 6.07. The largest absolute Gasteiger partial charge is 0.483 e. The summed E-state index contributed by atoms with van der Waals surface area (Å²) >= 11 is 11.2. The molecule has 1 atom stereocenters. The van der Waals surface area contributed by atoms with Gasteiger partial charge in [0.05, 0.1) is 0 Å². The predicted octanol–water partition coefficient (Wildman–Crippen LogP) is 5.97. The summed E-state index contributed by atoms with van der Waals surface area (Å²) in [4.78, 5) is 0. The van der Waals surface area contributed by atoms with Crippen LogP contribution in [-0.4, -0.2) is 14.8 Å². The number of rotatable bonds is 6. The Morgan fingerprint density at radius 2 is 1.92 bits per heavy atom. The lowest BCUT2D eigenvalue weighted by Gasteiger charge is -2.15. The first-order chi connectivity index (χ1) is 12.4. The maximum atomic E-state index is 6.07. The molecule has 0 saturated heterocycles. The fourth-order valence-corrected chi connectivity index (χ4v) is 3.74. The van der Waals surface area contributed by atoms with E-state index in [-0.39, 0.29) is 6.10 Å². The first kappa shape index (κ1) is 19.3. The second-order valence-corrected chi connectivity index (χ2v) is 8.25. The van der Waals surface area contributed by atoms with Gasteiger partial charge in [0.2, 0.25) is 0 Å². The molecule has 0 spiro atoms. The van der Waals surface area contributed by atoms with Gasteiger partial charge in [0.25, 0.3) is 0 Å². The average molecular weight is 453 g/mol. The normalized spacial score (nSPS) is 12.2. The van der Waals surface area contributed by atoms with Gasteiger partial charge in [-0.1, -0.05) is 51.4 Å². The van der Waals surface area contributed by atoms with Crippen LogP contribution in [0.5, 0.6) is 5.75 Å². The molecule has 0 aliphatic carbocycles. The molecule has 1 aromatic heterocycles. The molecule has 0 radical (unpaired) electrons. The van der Waals surface area contributed by atoms with Crippen LogP contribution in [0.1, 0.15) is 30.0 Å². The monoisotopic (exact) mass is 451 g/mol. The Morgan fingerprint density at radius 3 is 2.62 bits per heavy atom. The summed E-state index contributed by atoms with van der Waals surface area (Å²) in [6.07, 6.45) is -0.213. The number of aryl methyl sites for hydroxylation is 1. The van der Waals surface area contributed by atoms with Crippen molar-refractivity contribution >= 4 is 39.3 Å². The minimum Gasteiger partial charge on any atom is -0.483 e.